The lowest BCUT2D eigenvalue weighted by atomic mass is 9.88. The molecule has 7 heteroatoms. The van der Waals surface area contributed by atoms with Crippen molar-refractivity contribution in [2.75, 3.05) is 25.0 Å². The molecule has 3 aliphatic rings. The van der Waals surface area contributed by atoms with Crippen molar-refractivity contribution in [2.45, 2.75) is 51.2 Å². The molecule has 2 N–H and O–H groups in total. The number of Topliss-reactive ketones (excluding diaryl/α,β-unsaturated/α-hetero) is 1. The number of fused-ring (bicyclic) bond motifs is 1. The highest BCUT2D eigenvalue weighted by Gasteiger charge is 2.32. The maximum atomic E-state index is 12.9. The van der Waals surface area contributed by atoms with E-state index in [0.717, 1.165) is 25.8 Å². The van der Waals surface area contributed by atoms with Gasteiger partial charge in [-0.25, -0.2) is 0 Å². The van der Waals surface area contributed by atoms with Crippen LogP contribution in [0.3, 0.4) is 0 Å². The van der Waals surface area contributed by atoms with Crippen molar-refractivity contribution in [3.8, 4) is 5.75 Å². The van der Waals surface area contributed by atoms with E-state index in [2.05, 4.69) is 10.6 Å². The highest BCUT2D eigenvalue weighted by molar-refractivity contribution is 6.02. The van der Waals surface area contributed by atoms with Gasteiger partial charge in [-0.05, 0) is 57.4 Å². The zero-order valence-corrected chi connectivity index (χ0v) is 16.2. The molecular weight excluding hydrogens is 358 g/mol. The Labute approximate surface area is 164 Å². The third kappa shape index (κ3) is 3.76. The molecule has 0 aromatic heterocycles. The number of piperidine rings is 2. The summed E-state index contributed by atoms with van der Waals surface area (Å²) in [6, 6.07) is 5.14. The van der Waals surface area contributed by atoms with Crippen LogP contribution in [0.25, 0.3) is 0 Å². The largest absolute Gasteiger partial charge is 0.479 e. The highest BCUT2D eigenvalue weighted by Crippen LogP contribution is 2.32. The fourth-order valence-electron chi connectivity index (χ4n) is 4.24. The van der Waals surface area contributed by atoms with Crippen LogP contribution in [0.2, 0.25) is 0 Å². The molecule has 0 radical (unpaired) electrons. The standard InChI is InChI=1S/C21H27N3O4/c1-13-20(26)23-17-12-15(5-6-18(17)28-13)19(25)14-7-10-24(11-8-14)21(27)16-4-2-3-9-22-16/h5-6,12-14,16,22H,2-4,7-11H2,1H3,(H,23,26). The van der Waals surface area contributed by atoms with Crippen molar-refractivity contribution in [2.24, 2.45) is 5.92 Å². The Bertz CT molecular complexity index is 780. The molecule has 4 rings (SSSR count). The van der Waals surface area contributed by atoms with E-state index in [1.165, 1.54) is 0 Å². The summed E-state index contributed by atoms with van der Waals surface area (Å²) in [6.07, 6.45) is 3.94. The van der Waals surface area contributed by atoms with E-state index in [1.54, 1.807) is 25.1 Å². The van der Waals surface area contributed by atoms with Gasteiger partial charge in [0.05, 0.1) is 11.7 Å². The van der Waals surface area contributed by atoms with Gasteiger partial charge in [-0.2, -0.15) is 0 Å². The predicted molar refractivity (Wildman–Crippen MR) is 104 cm³/mol. The van der Waals surface area contributed by atoms with Gasteiger partial charge in [0.25, 0.3) is 5.91 Å². The topological polar surface area (TPSA) is 87.7 Å². The van der Waals surface area contributed by atoms with E-state index in [-0.39, 0.29) is 29.6 Å². The Kier molecular flexibility index (Phi) is 5.35. The number of nitrogens with one attached hydrogen (secondary N) is 2. The summed E-state index contributed by atoms with van der Waals surface area (Å²) < 4.78 is 5.55. The second-order valence-electron chi connectivity index (χ2n) is 7.93. The minimum Gasteiger partial charge on any atom is -0.479 e. The van der Waals surface area contributed by atoms with Crippen LogP contribution >= 0.6 is 0 Å². The average molecular weight is 385 g/mol. The summed E-state index contributed by atoms with van der Waals surface area (Å²) in [7, 11) is 0. The molecule has 2 atom stereocenters. The second kappa shape index (κ2) is 7.91. The highest BCUT2D eigenvalue weighted by atomic mass is 16.5. The van der Waals surface area contributed by atoms with Gasteiger partial charge in [0, 0.05) is 24.6 Å². The molecule has 2 saturated heterocycles. The van der Waals surface area contributed by atoms with Crippen LogP contribution in [-0.4, -0.2) is 54.3 Å². The number of amides is 2. The molecule has 28 heavy (non-hydrogen) atoms. The van der Waals surface area contributed by atoms with E-state index >= 15 is 0 Å². The number of nitrogens with zero attached hydrogens (tertiary/aromatic N) is 1. The van der Waals surface area contributed by atoms with Crippen LogP contribution in [0.5, 0.6) is 5.75 Å². The van der Waals surface area contributed by atoms with Gasteiger partial charge in [0.1, 0.15) is 5.75 Å². The molecule has 1 aromatic rings. The van der Waals surface area contributed by atoms with Gasteiger partial charge >= 0.3 is 0 Å². The third-order valence-corrected chi connectivity index (χ3v) is 5.98. The van der Waals surface area contributed by atoms with Crippen LogP contribution in [0, 0.1) is 5.92 Å². The number of ether oxygens (including phenoxy) is 1. The summed E-state index contributed by atoms with van der Waals surface area (Å²) in [4.78, 5) is 39.3. The second-order valence-corrected chi connectivity index (χ2v) is 7.93. The number of carbonyl (C=O) groups excluding carboxylic acids is 3. The molecule has 0 spiro atoms. The first-order valence-electron chi connectivity index (χ1n) is 10.2. The van der Waals surface area contributed by atoms with Gasteiger partial charge in [-0.15, -0.1) is 0 Å². The number of hydrogen-bond donors (Lipinski definition) is 2. The monoisotopic (exact) mass is 385 g/mol. The fourth-order valence-corrected chi connectivity index (χ4v) is 4.24. The number of ketones is 1. The SMILES string of the molecule is CC1Oc2ccc(C(=O)C3CCN(C(=O)C4CCCCN4)CC3)cc2NC1=O. The molecule has 3 heterocycles. The lowest BCUT2D eigenvalue weighted by molar-refractivity contribution is -0.135. The molecule has 2 fully saturated rings. The minimum absolute atomic E-state index is 0.0624. The van der Waals surface area contributed by atoms with Gasteiger partial charge < -0.3 is 20.3 Å². The molecule has 1 aromatic carbocycles. The molecular formula is C21H27N3O4. The molecule has 7 nitrogen and oxygen atoms in total. The molecule has 0 bridgehead atoms. The summed E-state index contributed by atoms with van der Waals surface area (Å²) in [6.45, 7) is 3.84. The molecule has 0 aliphatic carbocycles. The maximum absolute atomic E-state index is 12.9. The summed E-state index contributed by atoms with van der Waals surface area (Å²) in [5.74, 6) is 0.525. The smallest absolute Gasteiger partial charge is 0.265 e. The Morgan fingerprint density at radius 2 is 1.93 bits per heavy atom. The van der Waals surface area contributed by atoms with Crippen LogP contribution in [0.1, 0.15) is 49.4 Å². The first kappa shape index (κ1) is 18.9. The predicted octanol–water partition coefficient (Wildman–Crippen LogP) is 1.97. The van der Waals surface area contributed by atoms with Crippen molar-refractivity contribution >= 4 is 23.3 Å². The van der Waals surface area contributed by atoms with E-state index in [0.29, 0.717) is 42.9 Å². The lowest BCUT2D eigenvalue weighted by Gasteiger charge is -2.35. The van der Waals surface area contributed by atoms with Gasteiger partial charge in [0.15, 0.2) is 11.9 Å². The number of carbonyl (C=O) groups is 3. The van der Waals surface area contributed by atoms with E-state index in [4.69, 9.17) is 4.74 Å². The fraction of sp³-hybridized carbons (Fsp3) is 0.571. The van der Waals surface area contributed by atoms with Crippen LogP contribution in [-0.2, 0) is 9.59 Å². The van der Waals surface area contributed by atoms with E-state index < -0.39 is 6.10 Å². The Morgan fingerprint density at radius 1 is 1.14 bits per heavy atom. The van der Waals surface area contributed by atoms with E-state index in [1.807, 2.05) is 4.90 Å². The van der Waals surface area contributed by atoms with Crippen LogP contribution in [0.4, 0.5) is 5.69 Å². The number of benzene rings is 1. The summed E-state index contributed by atoms with van der Waals surface area (Å²) in [5, 5.41) is 6.10. The average Bonchev–Trinajstić information content (AvgIpc) is 2.74. The van der Waals surface area contributed by atoms with Gasteiger partial charge in [-0.3, -0.25) is 14.4 Å². The quantitative estimate of drug-likeness (QED) is 0.777. The molecule has 2 amide bonds. The third-order valence-electron chi connectivity index (χ3n) is 5.98. The number of rotatable bonds is 3. The maximum Gasteiger partial charge on any atom is 0.265 e. The summed E-state index contributed by atoms with van der Waals surface area (Å²) >= 11 is 0. The Morgan fingerprint density at radius 3 is 2.64 bits per heavy atom. The number of likely N-dealkylation sites (tertiary alicyclic amines) is 1. The van der Waals surface area contributed by atoms with Crippen LogP contribution < -0.4 is 15.4 Å². The summed E-state index contributed by atoms with van der Waals surface area (Å²) in [5.41, 5.74) is 1.13. The Balaban J connectivity index is 1.37. The number of anilines is 1. The Hall–Kier alpha value is -2.41. The van der Waals surface area contributed by atoms with Crippen molar-refractivity contribution in [3.63, 3.8) is 0 Å². The molecule has 150 valence electrons. The minimum atomic E-state index is -0.533. The molecule has 3 aliphatic heterocycles. The van der Waals surface area contributed by atoms with Crippen molar-refractivity contribution < 1.29 is 19.1 Å². The first-order valence-corrected chi connectivity index (χ1v) is 10.2. The first-order chi connectivity index (χ1) is 13.5. The van der Waals surface area contributed by atoms with Crippen molar-refractivity contribution in [3.05, 3.63) is 23.8 Å². The van der Waals surface area contributed by atoms with Gasteiger partial charge in [0.2, 0.25) is 5.91 Å². The molecule has 2 unspecified atom stereocenters. The van der Waals surface area contributed by atoms with Crippen molar-refractivity contribution in [1.82, 2.24) is 10.2 Å². The zero-order chi connectivity index (χ0) is 19.7. The molecule has 0 saturated carbocycles. The zero-order valence-electron chi connectivity index (χ0n) is 16.2. The number of hydrogen-bond acceptors (Lipinski definition) is 5. The van der Waals surface area contributed by atoms with Crippen molar-refractivity contribution in [1.29, 1.82) is 0 Å². The van der Waals surface area contributed by atoms with E-state index in [9.17, 15) is 14.4 Å². The van der Waals surface area contributed by atoms with Crippen LogP contribution in [0.15, 0.2) is 18.2 Å². The normalized spacial score (nSPS) is 25.5. The van der Waals surface area contributed by atoms with Gasteiger partial charge in [-0.1, -0.05) is 6.42 Å². The lowest BCUT2D eigenvalue weighted by Crippen LogP contribution is -2.51.